The number of fused-ring (bicyclic) bond motifs is 1. The summed E-state index contributed by atoms with van der Waals surface area (Å²) >= 11 is 1.36. The zero-order valence-electron chi connectivity index (χ0n) is 17.9. The lowest BCUT2D eigenvalue weighted by atomic mass is 10.1. The maximum absolute atomic E-state index is 12.6. The van der Waals surface area contributed by atoms with E-state index in [9.17, 15) is 14.4 Å². The number of rotatable bonds is 4. The molecule has 9 nitrogen and oxygen atoms in total. The Morgan fingerprint density at radius 3 is 2.61 bits per heavy atom. The molecule has 10 heteroatoms. The molecule has 0 unspecified atom stereocenters. The van der Waals surface area contributed by atoms with Gasteiger partial charge < -0.3 is 4.57 Å². The topological polar surface area (TPSA) is 95.0 Å². The predicted octanol–water partition coefficient (Wildman–Crippen LogP) is 2.24. The number of hydrogen-bond acceptors (Lipinski definition) is 6. The standard InChI is InChI=1S/C21H22N6O3S/c1-12-7-6-8-16(13(12)2)27(14(3)28)20-23-15(10-31-20)9-26-11-22-18-17(26)19(29)25(5)21(30)24(18)4/h6-8,10-11H,9H2,1-5H3. The highest BCUT2D eigenvalue weighted by Gasteiger charge is 2.21. The van der Waals surface area contributed by atoms with Crippen LogP contribution in [0.25, 0.3) is 11.2 Å². The maximum Gasteiger partial charge on any atom is 0.332 e. The normalized spacial score (nSPS) is 11.3. The van der Waals surface area contributed by atoms with Crippen molar-refractivity contribution in [3.8, 4) is 0 Å². The molecule has 0 N–H and O–H groups in total. The van der Waals surface area contributed by atoms with Crippen molar-refractivity contribution in [1.82, 2.24) is 23.7 Å². The summed E-state index contributed by atoms with van der Waals surface area (Å²) in [4.78, 5) is 47.7. The Kier molecular flexibility index (Phi) is 5.10. The van der Waals surface area contributed by atoms with Crippen molar-refractivity contribution in [2.24, 2.45) is 14.1 Å². The van der Waals surface area contributed by atoms with E-state index < -0.39 is 11.2 Å². The van der Waals surface area contributed by atoms with E-state index in [1.54, 1.807) is 16.5 Å². The smallest absolute Gasteiger partial charge is 0.319 e. The predicted molar refractivity (Wildman–Crippen MR) is 120 cm³/mol. The number of anilines is 2. The molecule has 1 amide bonds. The number of benzene rings is 1. The molecule has 0 bridgehead atoms. The van der Waals surface area contributed by atoms with Crippen LogP contribution in [-0.2, 0) is 25.4 Å². The SMILES string of the molecule is CC(=O)N(c1nc(Cn2cnc3c2c(=O)n(C)c(=O)n3C)cs1)c1cccc(C)c1C. The minimum atomic E-state index is -0.427. The number of hydrogen-bond donors (Lipinski definition) is 0. The Morgan fingerprint density at radius 1 is 1.16 bits per heavy atom. The van der Waals surface area contributed by atoms with Gasteiger partial charge in [-0.05, 0) is 31.0 Å². The van der Waals surface area contributed by atoms with Gasteiger partial charge in [0.1, 0.15) is 0 Å². The number of thiazole rings is 1. The van der Waals surface area contributed by atoms with Crippen LogP contribution in [0, 0.1) is 13.8 Å². The van der Waals surface area contributed by atoms with Crippen LogP contribution in [0.3, 0.4) is 0 Å². The van der Waals surface area contributed by atoms with Crippen LogP contribution in [0.5, 0.6) is 0 Å². The largest absolute Gasteiger partial charge is 0.332 e. The number of imidazole rings is 1. The molecule has 0 radical (unpaired) electrons. The van der Waals surface area contributed by atoms with Crippen LogP contribution in [0.15, 0.2) is 39.5 Å². The number of carbonyl (C=O) groups excluding carboxylic acids is 1. The fourth-order valence-electron chi connectivity index (χ4n) is 3.55. The van der Waals surface area contributed by atoms with Crippen LogP contribution in [-0.4, -0.2) is 29.6 Å². The average molecular weight is 439 g/mol. The average Bonchev–Trinajstić information content (AvgIpc) is 3.36. The summed E-state index contributed by atoms with van der Waals surface area (Å²) in [6.45, 7) is 5.78. The molecular formula is C21H22N6O3S. The fraction of sp³-hybridized carbons (Fsp3) is 0.286. The van der Waals surface area contributed by atoms with Crippen molar-refractivity contribution in [2.75, 3.05) is 4.90 Å². The molecule has 0 aliphatic heterocycles. The van der Waals surface area contributed by atoms with E-state index >= 15 is 0 Å². The molecule has 0 saturated carbocycles. The highest BCUT2D eigenvalue weighted by atomic mass is 32.1. The number of nitrogens with zero attached hydrogens (tertiary/aromatic N) is 6. The van der Waals surface area contributed by atoms with Gasteiger partial charge in [-0.3, -0.25) is 23.6 Å². The molecule has 0 spiro atoms. The van der Waals surface area contributed by atoms with Gasteiger partial charge in [0.15, 0.2) is 16.3 Å². The highest BCUT2D eigenvalue weighted by Crippen LogP contribution is 2.32. The highest BCUT2D eigenvalue weighted by molar-refractivity contribution is 7.14. The van der Waals surface area contributed by atoms with Crippen molar-refractivity contribution in [1.29, 1.82) is 0 Å². The Morgan fingerprint density at radius 2 is 1.90 bits per heavy atom. The first-order valence-electron chi connectivity index (χ1n) is 9.63. The molecule has 3 aromatic heterocycles. The molecule has 0 saturated heterocycles. The lowest BCUT2D eigenvalue weighted by Gasteiger charge is -2.21. The first-order chi connectivity index (χ1) is 14.7. The van der Waals surface area contributed by atoms with Gasteiger partial charge in [0.2, 0.25) is 5.91 Å². The first-order valence-corrected chi connectivity index (χ1v) is 10.5. The molecule has 0 atom stereocenters. The van der Waals surface area contributed by atoms with E-state index in [0.717, 1.165) is 21.4 Å². The van der Waals surface area contributed by atoms with Gasteiger partial charge in [-0.2, -0.15) is 0 Å². The molecule has 0 aliphatic carbocycles. The summed E-state index contributed by atoms with van der Waals surface area (Å²) < 4.78 is 4.08. The summed E-state index contributed by atoms with van der Waals surface area (Å²) in [7, 11) is 3.02. The minimum Gasteiger partial charge on any atom is -0.319 e. The number of aryl methyl sites for hydroxylation is 2. The monoisotopic (exact) mass is 438 g/mol. The van der Waals surface area contributed by atoms with E-state index in [1.165, 1.54) is 36.2 Å². The molecule has 4 rings (SSSR count). The maximum atomic E-state index is 12.6. The number of amides is 1. The second-order valence-corrected chi connectivity index (χ2v) is 8.28. The van der Waals surface area contributed by atoms with Crippen molar-refractivity contribution in [2.45, 2.75) is 27.3 Å². The fourth-order valence-corrected chi connectivity index (χ4v) is 4.42. The lowest BCUT2D eigenvalue weighted by molar-refractivity contribution is -0.115. The number of carbonyl (C=O) groups is 1. The second-order valence-electron chi connectivity index (χ2n) is 7.45. The Labute approximate surface area is 181 Å². The molecule has 0 aliphatic rings. The van der Waals surface area contributed by atoms with Gasteiger partial charge in [0.25, 0.3) is 5.56 Å². The second kappa shape index (κ2) is 7.62. The molecular weight excluding hydrogens is 416 g/mol. The minimum absolute atomic E-state index is 0.133. The molecule has 0 fully saturated rings. The zero-order chi connectivity index (χ0) is 22.4. The van der Waals surface area contributed by atoms with Crippen LogP contribution in [0.1, 0.15) is 23.7 Å². The summed E-state index contributed by atoms with van der Waals surface area (Å²) in [5.41, 5.74) is 3.40. The molecule has 4 aromatic rings. The third-order valence-corrected chi connectivity index (χ3v) is 6.29. The summed E-state index contributed by atoms with van der Waals surface area (Å²) in [6.07, 6.45) is 1.53. The van der Waals surface area contributed by atoms with E-state index in [0.29, 0.717) is 28.5 Å². The van der Waals surface area contributed by atoms with E-state index in [2.05, 4.69) is 9.97 Å². The summed E-state index contributed by atoms with van der Waals surface area (Å²) in [6, 6.07) is 5.82. The van der Waals surface area contributed by atoms with Crippen molar-refractivity contribution < 1.29 is 4.79 Å². The van der Waals surface area contributed by atoms with E-state index in [4.69, 9.17) is 0 Å². The molecule has 3 heterocycles. The van der Waals surface area contributed by atoms with Crippen LogP contribution >= 0.6 is 11.3 Å². The molecule has 31 heavy (non-hydrogen) atoms. The molecule has 160 valence electrons. The Bertz CT molecular complexity index is 1440. The number of aromatic nitrogens is 5. The summed E-state index contributed by atoms with van der Waals surface area (Å²) in [5, 5.41) is 2.41. The van der Waals surface area contributed by atoms with Gasteiger partial charge in [0, 0.05) is 26.4 Å². The van der Waals surface area contributed by atoms with E-state index in [1.807, 2.05) is 37.4 Å². The lowest BCUT2D eigenvalue weighted by Crippen LogP contribution is -2.37. The van der Waals surface area contributed by atoms with Crippen LogP contribution < -0.4 is 16.1 Å². The molecule has 1 aromatic carbocycles. The van der Waals surface area contributed by atoms with Crippen LogP contribution in [0.2, 0.25) is 0 Å². The third kappa shape index (κ3) is 3.38. The Balaban J connectivity index is 1.75. The third-order valence-electron chi connectivity index (χ3n) is 5.41. The summed E-state index contributed by atoms with van der Waals surface area (Å²) in [5.74, 6) is -0.133. The van der Waals surface area contributed by atoms with Gasteiger partial charge in [-0.15, -0.1) is 11.3 Å². The van der Waals surface area contributed by atoms with Gasteiger partial charge >= 0.3 is 5.69 Å². The van der Waals surface area contributed by atoms with Crippen molar-refractivity contribution in [3.63, 3.8) is 0 Å². The van der Waals surface area contributed by atoms with Gasteiger partial charge in [-0.25, -0.2) is 14.8 Å². The quantitative estimate of drug-likeness (QED) is 0.487. The van der Waals surface area contributed by atoms with Crippen LogP contribution in [0.4, 0.5) is 10.8 Å². The van der Waals surface area contributed by atoms with Crippen molar-refractivity contribution >= 4 is 39.2 Å². The Hall–Kier alpha value is -3.53. The van der Waals surface area contributed by atoms with Gasteiger partial charge in [0.05, 0.1) is 24.3 Å². The van der Waals surface area contributed by atoms with E-state index in [-0.39, 0.29) is 5.91 Å². The van der Waals surface area contributed by atoms with Gasteiger partial charge in [-0.1, -0.05) is 12.1 Å². The first kappa shape index (κ1) is 20.7. The van der Waals surface area contributed by atoms with Crippen molar-refractivity contribution in [3.05, 3.63) is 67.6 Å². The zero-order valence-corrected chi connectivity index (χ0v) is 18.7.